The highest BCUT2D eigenvalue weighted by molar-refractivity contribution is 6.29. The van der Waals surface area contributed by atoms with E-state index in [1.165, 1.54) is 31.2 Å². The van der Waals surface area contributed by atoms with Crippen LogP contribution >= 0.6 is 0 Å². The van der Waals surface area contributed by atoms with Gasteiger partial charge in [0.1, 0.15) is 11.5 Å². The molecule has 3 aromatic rings. The molecule has 0 spiro atoms. The van der Waals surface area contributed by atoms with Crippen molar-refractivity contribution in [2.75, 3.05) is 0 Å². The van der Waals surface area contributed by atoms with E-state index < -0.39 is 0 Å². The Morgan fingerprint density at radius 1 is 0.710 bits per heavy atom. The van der Waals surface area contributed by atoms with Gasteiger partial charge in [-0.3, -0.25) is 9.59 Å². The van der Waals surface area contributed by atoms with E-state index in [2.05, 4.69) is 26.0 Å². The van der Waals surface area contributed by atoms with Gasteiger partial charge in [0.25, 0.3) is 0 Å². The largest absolute Gasteiger partial charge is 0.457 e. The summed E-state index contributed by atoms with van der Waals surface area (Å²) in [4.78, 5) is 26.0. The van der Waals surface area contributed by atoms with E-state index in [0.29, 0.717) is 33.8 Å². The lowest BCUT2D eigenvalue weighted by atomic mass is 9.83. The van der Waals surface area contributed by atoms with Gasteiger partial charge < -0.3 is 4.74 Å². The maximum Gasteiger partial charge on any atom is 0.198 e. The van der Waals surface area contributed by atoms with Crippen LogP contribution in [0.5, 0.6) is 11.5 Å². The lowest BCUT2D eigenvalue weighted by Gasteiger charge is -2.20. The normalized spacial score (nSPS) is 12.6. The zero-order chi connectivity index (χ0) is 21.8. The standard InChI is InChI=1S/C28H28O3/c1-19(2)9-4-3-5-10-20-15-17-21(18-16-20)31-25-14-8-13-24-26(25)28(30)23-12-7-6-11-22(23)27(24)29/h6-8,11-19H,3-5,9-10H2,1-2H3. The second-order valence-electron chi connectivity index (χ2n) is 8.62. The minimum absolute atomic E-state index is 0.136. The summed E-state index contributed by atoms with van der Waals surface area (Å²) in [5, 5.41) is 0. The number of rotatable bonds is 8. The first kappa shape index (κ1) is 21.0. The Kier molecular flexibility index (Phi) is 6.31. The SMILES string of the molecule is CC(C)CCCCCc1ccc(Oc2cccc3c2C(=O)c2ccccc2C3=O)cc1. The van der Waals surface area contributed by atoms with Gasteiger partial charge in [-0.2, -0.15) is 0 Å². The van der Waals surface area contributed by atoms with Crippen LogP contribution in [0, 0.1) is 5.92 Å². The molecule has 1 aliphatic carbocycles. The van der Waals surface area contributed by atoms with Gasteiger partial charge in [0.15, 0.2) is 11.6 Å². The molecular formula is C28H28O3. The Labute approximate surface area is 184 Å². The van der Waals surface area contributed by atoms with Gasteiger partial charge in [0.05, 0.1) is 5.56 Å². The van der Waals surface area contributed by atoms with Crippen LogP contribution in [-0.4, -0.2) is 11.6 Å². The molecule has 0 aliphatic heterocycles. The molecule has 3 nitrogen and oxygen atoms in total. The summed E-state index contributed by atoms with van der Waals surface area (Å²) in [6.07, 6.45) is 6.08. The monoisotopic (exact) mass is 412 g/mol. The predicted molar refractivity (Wildman–Crippen MR) is 123 cm³/mol. The number of benzene rings is 3. The van der Waals surface area contributed by atoms with Crippen LogP contribution in [0.3, 0.4) is 0 Å². The van der Waals surface area contributed by atoms with Crippen molar-refractivity contribution in [3.05, 3.63) is 94.5 Å². The number of ether oxygens (including phenoxy) is 1. The molecule has 0 heterocycles. The number of carbonyl (C=O) groups excluding carboxylic acids is 2. The van der Waals surface area contributed by atoms with Crippen LogP contribution in [0.1, 0.15) is 76.9 Å². The first-order valence-corrected chi connectivity index (χ1v) is 11.1. The number of carbonyl (C=O) groups is 2. The van der Waals surface area contributed by atoms with Crippen molar-refractivity contribution in [3.63, 3.8) is 0 Å². The van der Waals surface area contributed by atoms with Crippen LogP contribution in [0.4, 0.5) is 0 Å². The highest BCUT2D eigenvalue weighted by atomic mass is 16.5. The predicted octanol–water partition coefficient (Wildman–Crippen LogP) is 7.01. The molecule has 158 valence electrons. The number of hydrogen-bond acceptors (Lipinski definition) is 3. The number of hydrogen-bond donors (Lipinski definition) is 0. The third kappa shape index (κ3) is 4.61. The van der Waals surface area contributed by atoms with Crippen molar-refractivity contribution < 1.29 is 14.3 Å². The van der Waals surface area contributed by atoms with Crippen molar-refractivity contribution >= 4 is 11.6 Å². The summed E-state index contributed by atoms with van der Waals surface area (Å²) in [7, 11) is 0. The van der Waals surface area contributed by atoms with Gasteiger partial charge in [0, 0.05) is 16.7 Å². The number of fused-ring (bicyclic) bond motifs is 2. The average molecular weight is 413 g/mol. The fourth-order valence-corrected chi connectivity index (χ4v) is 4.11. The number of aryl methyl sites for hydroxylation is 1. The fraction of sp³-hybridized carbons (Fsp3) is 0.286. The quantitative estimate of drug-likeness (QED) is 0.292. The molecule has 0 saturated carbocycles. The fourth-order valence-electron chi connectivity index (χ4n) is 4.11. The van der Waals surface area contributed by atoms with E-state index in [1.54, 1.807) is 42.5 Å². The summed E-state index contributed by atoms with van der Waals surface area (Å²) in [6, 6.07) is 20.2. The molecule has 0 atom stereocenters. The molecule has 4 rings (SSSR count). The summed E-state index contributed by atoms with van der Waals surface area (Å²) in [5.41, 5.74) is 2.92. The Balaban J connectivity index is 1.47. The smallest absolute Gasteiger partial charge is 0.198 e. The van der Waals surface area contributed by atoms with Crippen LogP contribution in [-0.2, 0) is 6.42 Å². The zero-order valence-corrected chi connectivity index (χ0v) is 18.2. The lowest BCUT2D eigenvalue weighted by molar-refractivity contribution is 0.0977. The van der Waals surface area contributed by atoms with E-state index in [1.807, 2.05) is 12.1 Å². The van der Waals surface area contributed by atoms with Crippen molar-refractivity contribution in [3.8, 4) is 11.5 Å². The van der Waals surface area contributed by atoms with E-state index in [9.17, 15) is 9.59 Å². The summed E-state index contributed by atoms with van der Waals surface area (Å²) in [6.45, 7) is 4.54. The van der Waals surface area contributed by atoms with Crippen LogP contribution in [0.2, 0.25) is 0 Å². The molecule has 3 heteroatoms. The first-order chi connectivity index (χ1) is 15.0. The molecule has 3 aromatic carbocycles. The van der Waals surface area contributed by atoms with Crippen LogP contribution in [0.15, 0.2) is 66.7 Å². The van der Waals surface area contributed by atoms with Gasteiger partial charge in [-0.05, 0) is 42.5 Å². The second kappa shape index (κ2) is 9.30. The highest BCUT2D eigenvalue weighted by Gasteiger charge is 2.32. The molecule has 0 radical (unpaired) electrons. The third-order valence-electron chi connectivity index (χ3n) is 5.81. The molecule has 0 aromatic heterocycles. The summed E-state index contributed by atoms with van der Waals surface area (Å²) < 4.78 is 6.06. The summed E-state index contributed by atoms with van der Waals surface area (Å²) >= 11 is 0. The highest BCUT2D eigenvalue weighted by Crippen LogP contribution is 2.35. The molecule has 0 amide bonds. The van der Waals surface area contributed by atoms with Gasteiger partial charge in [0.2, 0.25) is 0 Å². The van der Waals surface area contributed by atoms with Crippen molar-refractivity contribution in [2.45, 2.75) is 46.0 Å². The number of unbranched alkanes of at least 4 members (excludes halogenated alkanes) is 2. The molecule has 1 aliphatic rings. The van der Waals surface area contributed by atoms with Crippen LogP contribution < -0.4 is 4.74 Å². The Hall–Kier alpha value is -3.20. The Morgan fingerprint density at radius 3 is 2.10 bits per heavy atom. The number of ketones is 2. The van der Waals surface area contributed by atoms with Gasteiger partial charge in [-0.25, -0.2) is 0 Å². The van der Waals surface area contributed by atoms with Gasteiger partial charge >= 0.3 is 0 Å². The molecule has 0 N–H and O–H groups in total. The van der Waals surface area contributed by atoms with Crippen molar-refractivity contribution in [2.24, 2.45) is 5.92 Å². The summed E-state index contributed by atoms with van der Waals surface area (Å²) in [5.74, 6) is 1.56. The van der Waals surface area contributed by atoms with Gasteiger partial charge in [-0.15, -0.1) is 0 Å². The third-order valence-corrected chi connectivity index (χ3v) is 5.81. The topological polar surface area (TPSA) is 43.4 Å². The molecule has 0 unspecified atom stereocenters. The minimum Gasteiger partial charge on any atom is -0.457 e. The molecule has 0 fully saturated rings. The second-order valence-corrected chi connectivity index (χ2v) is 8.62. The zero-order valence-electron chi connectivity index (χ0n) is 18.2. The Morgan fingerprint density at radius 2 is 1.39 bits per heavy atom. The maximum atomic E-state index is 13.1. The molecule has 0 saturated heterocycles. The Bertz CT molecular complexity index is 1090. The average Bonchev–Trinajstić information content (AvgIpc) is 2.78. The lowest BCUT2D eigenvalue weighted by Crippen LogP contribution is -2.21. The molecule has 0 bridgehead atoms. The maximum absolute atomic E-state index is 13.1. The van der Waals surface area contributed by atoms with Crippen molar-refractivity contribution in [1.29, 1.82) is 0 Å². The molecular weight excluding hydrogens is 384 g/mol. The van der Waals surface area contributed by atoms with E-state index >= 15 is 0 Å². The van der Waals surface area contributed by atoms with Crippen molar-refractivity contribution in [1.82, 2.24) is 0 Å². The van der Waals surface area contributed by atoms with Gasteiger partial charge in [-0.1, -0.05) is 81.6 Å². The minimum atomic E-state index is -0.168. The molecule has 31 heavy (non-hydrogen) atoms. The van der Waals surface area contributed by atoms with Crippen LogP contribution in [0.25, 0.3) is 0 Å². The first-order valence-electron chi connectivity index (χ1n) is 11.1. The van der Waals surface area contributed by atoms with E-state index in [4.69, 9.17) is 4.74 Å². The van der Waals surface area contributed by atoms with E-state index in [-0.39, 0.29) is 11.6 Å². The van der Waals surface area contributed by atoms with E-state index in [0.717, 1.165) is 12.3 Å².